The first-order valence-electron chi connectivity index (χ1n) is 10.8. The predicted molar refractivity (Wildman–Crippen MR) is 109 cm³/mol. The molecule has 0 bridgehead atoms. The number of carboxylic acids is 1. The number of unbranched alkanes of at least 4 members (excludes halogenated alkanes) is 11. The Kier molecular flexibility index (Phi) is 18.0. The molecule has 0 atom stereocenters. The van der Waals surface area contributed by atoms with Crippen molar-refractivity contribution in [3.63, 3.8) is 0 Å². The second-order valence-corrected chi connectivity index (χ2v) is 7.26. The van der Waals surface area contributed by atoms with Gasteiger partial charge in [-0.2, -0.15) is 0 Å². The lowest BCUT2D eigenvalue weighted by molar-refractivity contribution is -0.137. The van der Waals surface area contributed by atoms with Crippen molar-refractivity contribution in [2.45, 2.75) is 103 Å². The Morgan fingerprint density at radius 1 is 0.593 bits per heavy atom. The first kappa shape index (κ1) is 25.4. The maximum Gasteiger partial charge on any atom is 0.303 e. The summed E-state index contributed by atoms with van der Waals surface area (Å²) in [6.07, 6.45) is 15.8. The first-order chi connectivity index (χ1) is 13.1. The van der Waals surface area contributed by atoms with Crippen molar-refractivity contribution < 1.29 is 19.5 Å². The number of carbonyl (C=O) groups is 3. The third-order valence-electron chi connectivity index (χ3n) is 4.73. The van der Waals surface area contributed by atoms with Crippen molar-refractivity contribution in [1.29, 1.82) is 0 Å². The number of aliphatic carboxylic acids is 1. The van der Waals surface area contributed by atoms with Crippen LogP contribution >= 0.6 is 0 Å². The molecule has 0 heterocycles. The molecule has 0 aromatic rings. The highest BCUT2D eigenvalue weighted by atomic mass is 16.4. The Morgan fingerprint density at radius 2 is 1.00 bits per heavy atom. The summed E-state index contributed by atoms with van der Waals surface area (Å²) >= 11 is 0. The zero-order chi connectivity index (χ0) is 20.2. The highest BCUT2D eigenvalue weighted by Crippen LogP contribution is 2.13. The van der Waals surface area contributed by atoms with Gasteiger partial charge in [0, 0.05) is 32.9 Å². The Bertz CT molecular complexity index is 400. The van der Waals surface area contributed by atoms with Crippen LogP contribution in [0.4, 0.5) is 0 Å². The van der Waals surface area contributed by atoms with E-state index in [2.05, 4.69) is 10.6 Å². The van der Waals surface area contributed by atoms with Gasteiger partial charge in [-0.25, -0.2) is 0 Å². The maximum atomic E-state index is 11.7. The molecule has 27 heavy (non-hydrogen) atoms. The van der Waals surface area contributed by atoms with E-state index >= 15 is 0 Å². The smallest absolute Gasteiger partial charge is 0.303 e. The fraction of sp³-hybridized carbons (Fsp3) is 0.857. The standard InChI is InChI=1S/C21H40N2O4/c1-22-19(24)16-14-18-23-20(25)15-12-10-8-6-4-2-3-5-7-9-11-13-17-21(26)27/h2-18H2,1H3,(H,22,24)(H,23,25)(H,26,27). The molecule has 0 saturated carbocycles. The average Bonchev–Trinajstić information content (AvgIpc) is 2.64. The number of carbonyl (C=O) groups excluding carboxylic acids is 2. The van der Waals surface area contributed by atoms with E-state index in [0.29, 0.717) is 32.2 Å². The summed E-state index contributed by atoms with van der Waals surface area (Å²) in [6, 6.07) is 0. The van der Waals surface area contributed by atoms with Gasteiger partial charge in [0.2, 0.25) is 11.8 Å². The topological polar surface area (TPSA) is 95.5 Å². The lowest BCUT2D eigenvalue weighted by Crippen LogP contribution is -2.26. The van der Waals surface area contributed by atoms with Gasteiger partial charge in [0.15, 0.2) is 0 Å². The van der Waals surface area contributed by atoms with Crippen molar-refractivity contribution >= 4 is 17.8 Å². The van der Waals surface area contributed by atoms with E-state index in [1.165, 1.54) is 44.9 Å². The lowest BCUT2D eigenvalue weighted by Gasteiger charge is -2.05. The third-order valence-corrected chi connectivity index (χ3v) is 4.73. The number of hydrogen-bond acceptors (Lipinski definition) is 3. The van der Waals surface area contributed by atoms with E-state index in [-0.39, 0.29) is 11.8 Å². The molecular weight excluding hydrogens is 344 g/mol. The molecule has 0 aromatic heterocycles. The molecule has 0 aliphatic carbocycles. The molecule has 3 N–H and O–H groups in total. The van der Waals surface area contributed by atoms with Crippen LogP contribution in [-0.4, -0.2) is 36.5 Å². The van der Waals surface area contributed by atoms with Crippen LogP contribution in [0.2, 0.25) is 0 Å². The number of carboxylic acid groups (broad SMARTS) is 1. The number of rotatable bonds is 19. The monoisotopic (exact) mass is 384 g/mol. The van der Waals surface area contributed by atoms with Gasteiger partial charge in [0.05, 0.1) is 0 Å². The van der Waals surface area contributed by atoms with Gasteiger partial charge in [-0.1, -0.05) is 64.2 Å². The molecule has 6 heteroatoms. The molecule has 0 aliphatic heterocycles. The molecule has 0 saturated heterocycles. The number of hydrogen-bond donors (Lipinski definition) is 3. The van der Waals surface area contributed by atoms with Crippen LogP contribution in [0.5, 0.6) is 0 Å². The van der Waals surface area contributed by atoms with Crippen LogP contribution in [-0.2, 0) is 14.4 Å². The van der Waals surface area contributed by atoms with Gasteiger partial charge in [0.25, 0.3) is 0 Å². The van der Waals surface area contributed by atoms with Crippen molar-refractivity contribution in [2.75, 3.05) is 13.6 Å². The maximum absolute atomic E-state index is 11.7. The van der Waals surface area contributed by atoms with Crippen molar-refractivity contribution in [1.82, 2.24) is 10.6 Å². The van der Waals surface area contributed by atoms with E-state index in [0.717, 1.165) is 32.1 Å². The van der Waals surface area contributed by atoms with Crippen molar-refractivity contribution in [3.8, 4) is 0 Å². The number of nitrogens with one attached hydrogen (secondary N) is 2. The minimum Gasteiger partial charge on any atom is -0.481 e. The zero-order valence-corrected chi connectivity index (χ0v) is 17.2. The SMILES string of the molecule is CNC(=O)CCCNC(=O)CCCCCCCCCCCCCCC(=O)O. The largest absolute Gasteiger partial charge is 0.481 e. The minimum atomic E-state index is -0.687. The van der Waals surface area contributed by atoms with E-state index in [4.69, 9.17) is 5.11 Å². The molecule has 0 unspecified atom stereocenters. The molecule has 0 fully saturated rings. The van der Waals surface area contributed by atoms with E-state index in [1.54, 1.807) is 7.05 Å². The summed E-state index contributed by atoms with van der Waals surface area (Å²) in [4.78, 5) is 33.1. The molecule has 0 aliphatic rings. The van der Waals surface area contributed by atoms with E-state index < -0.39 is 5.97 Å². The van der Waals surface area contributed by atoms with Crippen LogP contribution < -0.4 is 10.6 Å². The molecule has 158 valence electrons. The molecule has 2 amide bonds. The van der Waals surface area contributed by atoms with Gasteiger partial charge >= 0.3 is 5.97 Å². The van der Waals surface area contributed by atoms with E-state index in [9.17, 15) is 14.4 Å². The molecule has 0 rings (SSSR count). The second-order valence-electron chi connectivity index (χ2n) is 7.26. The summed E-state index contributed by atoms with van der Waals surface area (Å²) in [7, 11) is 1.62. The van der Waals surface area contributed by atoms with E-state index in [1.807, 2.05) is 0 Å². The number of amides is 2. The molecule has 0 aromatic carbocycles. The Hall–Kier alpha value is -1.59. The average molecular weight is 385 g/mol. The summed E-state index contributed by atoms with van der Waals surface area (Å²) < 4.78 is 0. The van der Waals surface area contributed by atoms with Gasteiger partial charge in [-0.3, -0.25) is 14.4 Å². The fourth-order valence-corrected chi connectivity index (χ4v) is 3.02. The van der Waals surface area contributed by atoms with Gasteiger partial charge < -0.3 is 15.7 Å². The Labute approximate surface area is 164 Å². The lowest BCUT2D eigenvalue weighted by atomic mass is 10.0. The Morgan fingerprint density at radius 3 is 1.44 bits per heavy atom. The summed E-state index contributed by atoms with van der Waals surface area (Å²) in [5.74, 6) is -0.580. The van der Waals surface area contributed by atoms with Gasteiger partial charge in [0.1, 0.15) is 0 Å². The molecule has 6 nitrogen and oxygen atoms in total. The van der Waals surface area contributed by atoms with Gasteiger partial charge in [-0.15, -0.1) is 0 Å². The summed E-state index contributed by atoms with van der Waals surface area (Å²) in [5.41, 5.74) is 0. The van der Waals surface area contributed by atoms with Crippen LogP contribution in [0, 0.1) is 0 Å². The molecular formula is C21H40N2O4. The predicted octanol–water partition coefficient (Wildman–Crippen LogP) is 4.17. The summed E-state index contributed by atoms with van der Waals surface area (Å²) in [6.45, 7) is 0.575. The highest BCUT2D eigenvalue weighted by molar-refractivity contribution is 5.76. The van der Waals surface area contributed by atoms with Gasteiger partial charge in [-0.05, 0) is 19.3 Å². The summed E-state index contributed by atoms with van der Waals surface area (Å²) in [5, 5.41) is 14.0. The normalized spacial score (nSPS) is 10.6. The van der Waals surface area contributed by atoms with Crippen molar-refractivity contribution in [2.24, 2.45) is 0 Å². The van der Waals surface area contributed by atoms with Crippen LogP contribution in [0.15, 0.2) is 0 Å². The second kappa shape index (κ2) is 19.2. The van der Waals surface area contributed by atoms with Crippen molar-refractivity contribution in [3.05, 3.63) is 0 Å². The fourth-order valence-electron chi connectivity index (χ4n) is 3.02. The highest BCUT2D eigenvalue weighted by Gasteiger charge is 2.02. The minimum absolute atomic E-state index is 0.0139. The first-order valence-corrected chi connectivity index (χ1v) is 10.8. The molecule has 0 spiro atoms. The Balaban J connectivity index is 3.18. The van der Waals surface area contributed by atoms with Crippen LogP contribution in [0.25, 0.3) is 0 Å². The molecule has 0 radical (unpaired) electrons. The van der Waals surface area contributed by atoms with Crippen LogP contribution in [0.1, 0.15) is 103 Å². The van der Waals surface area contributed by atoms with Crippen LogP contribution in [0.3, 0.4) is 0 Å². The quantitative estimate of drug-likeness (QED) is 0.291. The third kappa shape index (κ3) is 20.6. The zero-order valence-electron chi connectivity index (χ0n) is 17.2.